The van der Waals surface area contributed by atoms with Crippen LogP contribution in [0.4, 0.5) is 5.69 Å². The monoisotopic (exact) mass is 170 g/mol. The minimum absolute atomic E-state index is 0. The molecule has 3 heteroatoms. The minimum atomic E-state index is 0. The average molecular weight is 171 g/mol. The van der Waals surface area contributed by atoms with Crippen LogP contribution in [-0.4, -0.2) is 13.5 Å². The standard InChI is InChI=1S/C8H9NO.ClH/c1-9(7-10)8-5-3-2-4-6-8;/h2-7H,1H3;1H/p-1. The first-order chi connectivity index (χ1) is 4.84. The molecule has 2 nitrogen and oxygen atoms in total. The van der Waals surface area contributed by atoms with E-state index in [1.165, 1.54) is 4.90 Å². The van der Waals surface area contributed by atoms with Gasteiger partial charge in [-0.25, -0.2) is 0 Å². The molecule has 0 N–H and O–H groups in total. The van der Waals surface area contributed by atoms with E-state index in [1.54, 1.807) is 7.05 Å². The molecule has 0 aliphatic heterocycles. The number of amides is 1. The van der Waals surface area contributed by atoms with Crippen molar-refractivity contribution in [3.8, 4) is 0 Å². The SMILES string of the molecule is CN(C=O)c1ccccc1.[Cl-]. The lowest BCUT2D eigenvalue weighted by atomic mass is 10.3. The molecule has 0 aromatic heterocycles. The van der Waals surface area contributed by atoms with Crippen molar-refractivity contribution in [3.63, 3.8) is 0 Å². The molecule has 0 fully saturated rings. The summed E-state index contributed by atoms with van der Waals surface area (Å²) < 4.78 is 0. The maximum Gasteiger partial charge on any atom is 0.213 e. The van der Waals surface area contributed by atoms with E-state index in [0.29, 0.717) is 0 Å². The molecule has 0 saturated heterocycles. The summed E-state index contributed by atoms with van der Waals surface area (Å²) in [5, 5.41) is 0. The van der Waals surface area contributed by atoms with Crippen molar-refractivity contribution in [2.75, 3.05) is 11.9 Å². The van der Waals surface area contributed by atoms with E-state index in [9.17, 15) is 4.79 Å². The summed E-state index contributed by atoms with van der Waals surface area (Å²) in [4.78, 5) is 11.8. The van der Waals surface area contributed by atoms with Gasteiger partial charge < -0.3 is 17.3 Å². The van der Waals surface area contributed by atoms with Crippen LogP contribution >= 0.6 is 0 Å². The van der Waals surface area contributed by atoms with E-state index in [1.807, 2.05) is 30.3 Å². The van der Waals surface area contributed by atoms with Gasteiger partial charge in [-0.05, 0) is 12.1 Å². The molecule has 1 amide bonds. The second-order valence-corrected chi connectivity index (χ2v) is 2.05. The summed E-state index contributed by atoms with van der Waals surface area (Å²) in [7, 11) is 1.72. The summed E-state index contributed by atoms with van der Waals surface area (Å²) in [6, 6.07) is 9.48. The third-order valence-corrected chi connectivity index (χ3v) is 1.32. The largest absolute Gasteiger partial charge is 1.00 e. The Morgan fingerprint density at radius 2 is 1.82 bits per heavy atom. The Hall–Kier alpha value is -1.02. The fraction of sp³-hybridized carbons (Fsp3) is 0.125. The second-order valence-electron chi connectivity index (χ2n) is 2.05. The second kappa shape index (κ2) is 4.74. The smallest absolute Gasteiger partial charge is 0.213 e. The number of nitrogens with zero attached hydrogens (tertiary/aromatic N) is 1. The molecule has 11 heavy (non-hydrogen) atoms. The predicted octanol–water partition coefficient (Wildman–Crippen LogP) is -1.72. The van der Waals surface area contributed by atoms with Gasteiger partial charge in [0.15, 0.2) is 0 Å². The number of halogens is 1. The lowest BCUT2D eigenvalue weighted by molar-refractivity contribution is -0.107. The van der Waals surface area contributed by atoms with Gasteiger partial charge in [-0.3, -0.25) is 4.79 Å². The molecule has 0 bridgehead atoms. The molecule has 0 aliphatic carbocycles. The first-order valence-electron chi connectivity index (χ1n) is 3.08. The maximum atomic E-state index is 10.2. The van der Waals surface area contributed by atoms with E-state index < -0.39 is 0 Å². The molecule has 1 aromatic rings. The van der Waals surface area contributed by atoms with E-state index in [-0.39, 0.29) is 12.4 Å². The number of carbonyl (C=O) groups is 1. The molecule has 60 valence electrons. The average Bonchev–Trinajstić information content (AvgIpc) is 2.05. The van der Waals surface area contributed by atoms with Gasteiger partial charge in [0.25, 0.3) is 0 Å². The van der Waals surface area contributed by atoms with Gasteiger partial charge in [0.05, 0.1) is 0 Å². The maximum absolute atomic E-state index is 10.2. The number of rotatable bonds is 2. The summed E-state index contributed by atoms with van der Waals surface area (Å²) >= 11 is 0. The zero-order chi connectivity index (χ0) is 7.40. The van der Waals surface area contributed by atoms with Crippen LogP contribution in [-0.2, 0) is 4.79 Å². The Balaban J connectivity index is 0.000001000. The Bertz CT molecular complexity index is 213. The first kappa shape index (κ1) is 9.98. The van der Waals surface area contributed by atoms with Gasteiger partial charge in [0.1, 0.15) is 0 Å². The van der Waals surface area contributed by atoms with Crippen LogP contribution in [0.1, 0.15) is 0 Å². The number of para-hydroxylation sites is 1. The third-order valence-electron chi connectivity index (χ3n) is 1.32. The molecule has 0 radical (unpaired) electrons. The highest BCUT2D eigenvalue weighted by atomic mass is 35.5. The van der Waals surface area contributed by atoms with Crippen LogP contribution in [0.15, 0.2) is 30.3 Å². The number of carbonyl (C=O) groups excluding carboxylic acids is 1. The van der Waals surface area contributed by atoms with Crippen LogP contribution in [0.5, 0.6) is 0 Å². The fourth-order valence-electron chi connectivity index (χ4n) is 0.724. The molecule has 0 saturated carbocycles. The van der Waals surface area contributed by atoms with Crippen LogP contribution in [0, 0.1) is 0 Å². The Labute approximate surface area is 72.2 Å². The van der Waals surface area contributed by atoms with Gasteiger partial charge in [-0.1, -0.05) is 18.2 Å². The third kappa shape index (κ3) is 2.60. The Morgan fingerprint density at radius 1 is 1.27 bits per heavy atom. The molecule has 1 aromatic carbocycles. The van der Waals surface area contributed by atoms with Gasteiger partial charge in [-0.2, -0.15) is 0 Å². The van der Waals surface area contributed by atoms with E-state index >= 15 is 0 Å². The molecular formula is C8H9ClNO-. The zero-order valence-corrected chi connectivity index (χ0v) is 6.95. The van der Waals surface area contributed by atoms with Crippen molar-refractivity contribution in [1.82, 2.24) is 0 Å². The van der Waals surface area contributed by atoms with Crippen LogP contribution < -0.4 is 17.3 Å². The highest BCUT2D eigenvalue weighted by molar-refractivity contribution is 5.73. The summed E-state index contributed by atoms with van der Waals surface area (Å²) in [6.45, 7) is 0. The van der Waals surface area contributed by atoms with Crippen molar-refractivity contribution in [3.05, 3.63) is 30.3 Å². The molecule has 0 atom stereocenters. The quantitative estimate of drug-likeness (QED) is 0.484. The lowest BCUT2D eigenvalue weighted by Gasteiger charge is -2.08. The van der Waals surface area contributed by atoms with Crippen molar-refractivity contribution < 1.29 is 17.2 Å². The van der Waals surface area contributed by atoms with Crippen molar-refractivity contribution in [2.45, 2.75) is 0 Å². The van der Waals surface area contributed by atoms with Gasteiger partial charge in [-0.15, -0.1) is 0 Å². The number of benzene rings is 1. The zero-order valence-electron chi connectivity index (χ0n) is 6.20. The molecule has 0 spiro atoms. The summed E-state index contributed by atoms with van der Waals surface area (Å²) in [5.41, 5.74) is 0.914. The Kier molecular flexibility index (Phi) is 4.30. The van der Waals surface area contributed by atoms with E-state index in [0.717, 1.165) is 12.1 Å². The lowest BCUT2D eigenvalue weighted by Crippen LogP contribution is -3.00. The normalized spacial score (nSPS) is 8.09. The number of anilines is 1. The highest BCUT2D eigenvalue weighted by Crippen LogP contribution is 2.07. The summed E-state index contributed by atoms with van der Waals surface area (Å²) in [5.74, 6) is 0. The Morgan fingerprint density at radius 3 is 2.27 bits per heavy atom. The molecule has 0 heterocycles. The first-order valence-corrected chi connectivity index (χ1v) is 3.08. The van der Waals surface area contributed by atoms with Crippen molar-refractivity contribution in [1.29, 1.82) is 0 Å². The van der Waals surface area contributed by atoms with Crippen LogP contribution in [0.2, 0.25) is 0 Å². The molecular weight excluding hydrogens is 162 g/mol. The van der Waals surface area contributed by atoms with E-state index in [2.05, 4.69) is 0 Å². The van der Waals surface area contributed by atoms with Gasteiger partial charge >= 0.3 is 0 Å². The number of hydrogen-bond donors (Lipinski definition) is 0. The number of hydrogen-bond acceptors (Lipinski definition) is 1. The summed E-state index contributed by atoms with van der Waals surface area (Å²) in [6.07, 6.45) is 0.787. The van der Waals surface area contributed by atoms with Crippen LogP contribution in [0.3, 0.4) is 0 Å². The molecule has 1 rings (SSSR count). The van der Waals surface area contributed by atoms with Crippen molar-refractivity contribution >= 4 is 12.1 Å². The molecule has 0 aliphatic rings. The van der Waals surface area contributed by atoms with Crippen molar-refractivity contribution in [2.24, 2.45) is 0 Å². The fourth-order valence-corrected chi connectivity index (χ4v) is 0.724. The highest BCUT2D eigenvalue weighted by Gasteiger charge is 1.93. The predicted molar refractivity (Wildman–Crippen MR) is 40.9 cm³/mol. The van der Waals surface area contributed by atoms with E-state index in [4.69, 9.17) is 0 Å². The van der Waals surface area contributed by atoms with Crippen LogP contribution in [0.25, 0.3) is 0 Å². The van der Waals surface area contributed by atoms with Gasteiger partial charge in [0, 0.05) is 12.7 Å². The minimum Gasteiger partial charge on any atom is -1.00 e. The topological polar surface area (TPSA) is 20.3 Å². The molecule has 0 unspecified atom stereocenters. The van der Waals surface area contributed by atoms with Gasteiger partial charge in [0.2, 0.25) is 6.41 Å².